The van der Waals surface area contributed by atoms with E-state index in [9.17, 15) is 9.59 Å². The summed E-state index contributed by atoms with van der Waals surface area (Å²) in [6, 6.07) is 22.0. The summed E-state index contributed by atoms with van der Waals surface area (Å²) in [7, 11) is 0. The van der Waals surface area contributed by atoms with Gasteiger partial charge in [-0.1, -0.05) is 35.9 Å². The maximum Gasteiger partial charge on any atom is 0.283 e. The Hall–Kier alpha value is -3.57. The van der Waals surface area contributed by atoms with Crippen molar-refractivity contribution in [1.82, 2.24) is 0 Å². The van der Waals surface area contributed by atoms with E-state index in [2.05, 4.69) is 5.32 Å². The van der Waals surface area contributed by atoms with Crippen molar-refractivity contribution in [3.8, 4) is 11.5 Å². The molecule has 1 aliphatic rings. The van der Waals surface area contributed by atoms with Crippen molar-refractivity contribution in [2.24, 2.45) is 0 Å². The maximum atomic E-state index is 12.9. The number of anilines is 2. The van der Waals surface area contributed by atoms with Crippen molar-refractivity contribution in [3.05, 3.63) is 94.7 Å². The fourth-order valence-corrected chi connectivity index (χ4v) is 3.51. The third-order valence-corrected chi connectivity index (χ3v) is 4.95. The molecule has 5 nitrogen and oxygen atoms in total. The molecule has 4 rings (SSSR count). The number of aryl methyl sites for hydroxylation is 2. The van der Waals surface area contributed by atoms with Gasteiger partial charge in [0, 0.05) is 5.69 Å². The Morgan fingerprint density at radius 2 is 1.40 bits per heavy atom. The summed E-state index contributed by atoms with van der Waals surface area (Å²) in [6.45, 7) is 3.82. The van der Waals surface area contributed by atoms with Gasteiger partial charge in [0.05, 0.1) is 5.69 Å². The Morgan fingerprint density at radius 1 is 0.800 bits per heavy atom. The van der Waals surface area contributed by atoms with Gasteiger partial charge in [-0.2, -0.15) is 0 Å². The third-order valence-electron chi connectivity index (χ3n) is 4.59. The molecule has 3 aromatic carbocycles. The quantitative estimate of drug-likeness (QED) is 0.553. The van der Waals surface area contributed by atoms with Gasteiger partial charge in [0.25, 0.3) is 11.8 Å². The highest BCUT2D eigenvalue weighted by atomic mass is 35.5. The lowest BCUT2D eigenvalue weighted by Gasteiger charge is -2.16. The summed E-state index contributed by atoms with van der Waals surface area (Å²) in [5.74, 6) is 0.347. The average molecular weight is 419 g/mol. The number of para-hydroxylation sites is 1. The molecule has 30 heavy (non-hydrogen) atoms. The number of nitrogens with zero attached hydrogens (tertiary/aromatic N) is 1. The number of amides is 2. The molecule has 6 heteroatoms. The summed E-state index contributed by atoms with van der Waals surface area (Å²) in [4.78, 5) is 26.7. The predicted octanol–water partition coefficient (Wildman–Crippen LogP) is 5.53. The number of ether oxygens (including phenoxy) is 1. The highest BCUT2D eigenvalue weighted by Crippen LogP contribution is 2.31. The average Bonchev–Trinajstić information content (AvgIpc) is 2.93. The summed E-state index contributed by atoms with van der Waals surface area (Å²) < 4.78 is 5.76. The summed E-state index contributed by atoms with van der Waals surface area (Å²) in [6.07, 6.45) is 0. The molecule has 1 aliphatic heterocycles. The van der Waals surface area contributed by atoms with Gasteiger partial charge in [0.15, 0.2) is 0 Å². The molecule has 0 fully saturated rings. The van der Waals surface area contributed by atoms with Crippen LogP contribution in [-0.4, -0.2) is 11.8 Å². The van der Waals surface area contributed by atoms with Crippen molar-refractivity contribution in [1.29, 1.82) is 0 Å². The van der Waals surface area contributed by atoms with Gasteiger partial charge in [-0.3, -0.25) is 9.59 Å². The first-order valence-corrected chi connectivity index (χ1v) is 9.77. The molecule has 2 amide bonds. The summed E-state index contributed by atoms with van der Waals surface area (Å²) in [5, 5.41) is 2.84. The summed E-state index contributed by atoms with van der Waals surface area (Å²) in [5.41, 5.74) is 3.09. The minimum absolute atomic E-state index is 0.0533. The van der Waals surface area contributed by atoms with Gasteiger partial charge in [-0.05, 0) is 73.5 Å². The number of carbonyl (C=O) groups is 2. The van der Waals surface area contributed by atoms with Crippen molar-refractivity contribution in [3.63, 3.8) is 0 Å². The fourth-order valence-electron chi connectivity index (χ4n) is 3.30. The van der Waals surface area contributed by atoms with Gasteiger partial charge < -0.3 is 10.1 Å². The number of nitrogens with one attached hydrogen (secondary N) is 1. The van der Waals surface area contributed by atoms with Gasteiger partial charge in [-0.25, -0.2) is 4.90 Å². The van der Waals surface area contributed by atoms with Gasteiger partial charge in [-0.15, -0.1) is 0 Å². The molecule has 0 spiro atoms. The highest BCUT2D eigenvalue weighted by Gasteiger charge is 2.39. The van der Waals surface area contributed by atoms with E-state index < -0.39 is 11.8 Å². The molecule has 3 aromatic rings. The Labute approximate surface area is 179 Å². The normalized spacial score (nSPS) is 13.8. The minimum atomic E-state index is -0.543. The van der Waals surface area contributed by atoms with E-state index in [4.69, 9.17) is 16.3 Å². The molecule has 0 radical (unpaired) electrons. The first-order chi connectivity index (χ1) is 14.4. The zero-order valence-corrected chi connectivity index (χ0v) is 17.2. The summed E-state index contributed by atoms with van der Waals surface area (Å²) >= 11 is 6.22. The first kappa shape index (κ1) is 19.7. The van der Waals surface area contributed by atoms with Gasteiger partial charge in [0.1, 0.15) is 22.2 Å². The van der Waals surface area contributed by atoms with E-state index in [0.29, 0.717) is 17.1 Å². The highest BCUT2D eigenvalue weighted by molar-refractivity contribution is 6.53. The predicted molar refractivity (Wildman–Crippen MR) is 118 cm³/mol. The van der Waals surface area contributed by atoms with Crippen LogP contribution in [0.4, 0.5) is 11.4 Å². The fraction of sp³-hybridized carbons (Fsp3) is 0.0833. The van der Waals surface area contributed by atoms with Crippen LogP contribution in [0.15, 0.2) is 83.5 Å². The second-order valence-electron chi connectivity index (χ2n) is 7.05. The van der Waals surface area contributed by atoms with Crippen LogP contribution in [0.3, 0.4) is 0 Å². The lowest BCUT2D eigenvalue weighted by atomic mass is 10.1. The van der Waals surface area contributed by atoms with Gasteiger partial charge >= 0.3 is 0 Å². The van der Waals surface area contributed by atoms with Crippen LogP contribution in [0.5, 0.6) is 11.5 Å². The van der Waals surface area contributed by atoms with Crippen LogP contribution in [0, 0.1) is 13.8 Å². The number of halogens is 1. The number of benzene rings is 3. The molecule has 0 aliphatic carbocycles. The maximum absolute atomic E-state index is 12.9. The topological polar surface area (TPSA) is 58.6 Å². The van der Waals surface area contributed by atoms with Crippen LogP contribution < -0.4 is 15.0 Å². The molecule has 1 heterocycles. The zero-order chi connectivity index (χ0) is 21.3. The van der Waals surface area contributed by atoms with E-state index in [1.54, 1.807) is 36.4 Å². The van der Waals surface area contributed by atoms with Crippen molar-refractivity contribution in [2.75, 3.05) is 10.2 Å². The van der Waals surface area contributed by atoms with E-state index in [1.165, 1.54) is 0 Å². The van der Waals surface area contributed by atoms with Crippen LogP contribution in [0.1, 0.15) is 11.1 Å². The van der Waals surface area contributed by atoms with Crippen LogP contribution in [0.2, 0.25) is 0 Å². The van der Waals surface area contributed by atoms with E-state index in [0.717, 1.165) is 21.8 Å². The molecule has 0 bridgehead atoms. The number of imide groups is 1. The smallest absolute Gasteiger partial charge is 0.283 e. The van der Waals surface area contributed by atoms with Crippen molar-refractivity contribution >= 4 is 34.8 Å². The monoisotopic (exact) mass is 418 g/mol. The van der Waals surface area contributed by atoms with E-state index in [1.807, 2.05) is 50.2 Å². The molecule has 150 valence electrons. The van der Waals surface area contributed by atoms with Crippen molar-refractivity contribution < 1.29 is 14.3 Å². The Bertz CT molecular complexity index is 1130. The SMILES string of the molecule is Cc1cc(C)cc(N2C(=O)C(Cl)=C(Nc3ccc(Oc4ccccc4)cc3)C2=O)c1. The zero-order valence-electron chi connectivity index (χ0n) is 16.5. The number of carbonyl (C=O) groups excluding carboxylic acids is 2. The van der Waals surface area contributed by atoms with E-state index >= 15 is 0 Å². The van der Waals surface area contributed by atoms with Crippen molar-refractivity contribution in [2.45, 2.75) is 13.8 Å². The molecule has 0 aromatic heterocycles. The number of hydrogen-bond acceptors (Lipinski definition) is 4. The molecule has 0 saturated carbocycles. The Kier molecular flexibility index (Phi) is 5.29. The first-order valence-electron chi connectivity index (χ1n) is 9.39. The molecule has 0 saturated heterocycles. The molecular weight excluding hydrogens is 400 g/mol. The van der Waals surface area contributed by atoms with Crippen LogP contribution >= 0.6 is 11.6 Å². The third kappa shape index (κ3) is 3.93. The molecule has 0 unspecified atom stereocenters. The molecule has 1 N–H and O–H groups in total. The van der Waals surface area contributed by atoms with Gasteiger partial charge in [0.2, 0.25) is 0 Å². The largest absolute Gasteiger partial charge is 0.457 e. The second kappa shape index (κ2) is 8.05. The lowest BCUT2D eigenvalue weighted by Crippen LogP contribution is -2.32. The number of rotatable bonds is 5. The molecular formula is C24H19ClN2O3. The lowest BCUT2D eigenvalue weighted by molar-refractivity contribution is -0.120. The molecule has 0 atom stereocenters. The Morgan fingerprint density at radius 3 is 2.03 bits per heavy atom. The standard InChI is InChI=1S/C24H19ClN2O3/c1-15-12-16(2)14-18(13-15)27-23(28)21(25)22(24(27)29)26-17-8-10-20(11-9-17)30-19-6-4-3-5-7-19/h3-14,26H,1-2H3. The second-order valence-corrected chi connectivity index (χ2v) is 7.42. The minimum Gasteiger partial charge on any atom is -0.457 e. The van der Waals surface area contributed by atoms with E-state index in [-0.39, 0.29) is 10.7 Å². The van der Waals surface area contributed by atoms with Crippen LogP contribution in [-0.2, 0) is 9.59 Å². The Balaban J connectivity index is 1.53. The number of hydrogen-bond donors (Lipinski definition) is 1. The van der Waals surface area contributed by atoms with Crippen LogP contribution in [0.25, 0.3) is 0 Å².